The molecule has 1 fully saturated rings. The molecule has 1 saturated heterocycles. The van der Waals surface area contributed by atoms with Gasteiger partial charge in [-0.15, -0.1) is 0 Å². The van der Waals surface area contributed by atoms with E-state index in [1.807, 2.05) is 11.2 Å². The molecular formula is C11H23N3OS. The van der Waals surface area contributed by atoms with Crippen molar-refractivity contribution in [1.82, 2.24) is 9.80 Å². The normalized spacial score (nSPS) is 24.5. The van der Waals surface area contributed by atoms with Crippen molar-refractivity contribution in [3.63, 3.8) is 0 Å². The van der Waals surface area contributed by atoms with Crippen molar-refractivity contribution >= 4 is 17.7 Å². The maximum atomic E-state index is 12.1. The fourth-order valence-electron chi connectivity index (χ4n) is 2.05. The van der Waals surface area contributed by atoms with Crippen LogP contribution in [0.1, 0.15) is 13.3 Å². The lowest BCUT2D eigenvalue weighted by atomic mass is 10.1. The molecule has 0 aromatic rings. The van der Waals surface area contributed by atoms with Crippen LogP contribution in [0.2, 0.25) is 0 Å². The van der Waals surface area contributed by atoms with Crippen molar-refractivity contribution in [1.29, 1.82) is 0 Å². The van der Waals surface area contributed by atoms with E-state index in [0.29, 0.717) is 0 Å². The molecule has 0 aromatic carbocycles. The van der Waals surface area contributed by atoms with Crippen molar-refractivity contribution in [2.45, 2.75) is 25.4 Å². The molecule has 0 radical (unpaired) electrons. The summed E-state index contributed by atoms with van der Waals surface area (Å²) in [5, 5.41) is 0. The molecule has 94 valence electrons. The fourth-order valence-corrected chi connectivity index (χ4v) is 2.54. The first-order chi connectivity index (χ1) is 7.56. The standard InChI is InChI=1S/C11H23N3OS/c1-9-8-13(2)5-6-14(9)11(15)10(12)4-7-16-3/h9-10H,4-8,12H2,1-3H3/t9?,10-/m0/s1. The van der Waals surface area contributed by atoms with E-state index in [0.717, 1.165) is 31.8 Å². The van der Waals surface area contributed by atoms with Gasteiger partial charge in [0.25, 0.3) is 0 Å². The van der Waals surface area contributed by atoms with Gasteiger partial charge < -0.3 is 15.5 Å². The zero-order chi connectivity index (χ0) is 12.1. The number of carbonyl (C=O) groups excluding carboxylic acids is 1. The minimum atomic E-state index is -0.321. The topological polar surface area (TPSA) is 49.6 Å². The summed E-state index contributed by atoms with van der Waals surface area (Å²) in [4.78, 5) is 16.3. The van der Waals surface area contributed by atoms with Gasteiger partial charge >= 0.3 is 0 Å². The molecule has 5 heteroatoms. The number of nitrogens with two attached hydrogens (primary N) is 1. The van der Waals surface area contributed by atoms with Crippen LogP contribution in [0.4, 0.5) is 0 Å². The highest BCUT2D eigenvalue weighted by Gasteiger charge is 2.28. The zero-order valence-electron chi connectivity index (χ0n) is 10.5. The molecule has 1 amide bonds. The van der Waals surface area contributed by atoms with E-state index in [9.17, 15) is 4.79 Å². The summed E-state index contributed by atoms with van der Waals surface area (Å²) in [5.41, 5.74) is 5.91. The Balaban J connectivity index is 2.46. The van der Waals surface area contributed by atoms with Gasteiger partial charge in [-0.25, -0.2) is 0 Å². The third kappa shape index (κ3) is 3.64. The molecule has 1 rings (SSSR count). The summed E-state index contributed by atoms with van der Waals surface area (Å²) in [5.74, 6) is 1.07. The Labute approximate surface area is 103 Å². The van der Waals surface area contributed by atoms with Gasteiger partial charge in [-0.1, -0.05) is 0 Å². The van der Waals surface area contributed by atoms with Crippen molar-refractivity contribution < 1.29 is 4.79 Å². The first-order valence-electron chi connectivity index (χ1n) is 5.79. The lowest BCUT2D eigenvalue weighted by Gasteiger charge is -2.39. The highest BCUT2D eigenvalue weighted by Crippen LogP contribution is 2.11. The van der Waals surface area contributed by atoms with Gasteiger partial charge in [0.2, 0.25) is 5.91 Å². The molecule has 1 heterocycles. The SMILES string of the molecule is CSCC[C@H](N)C(=O)N1CCN(C)CC1C. The van der Waals surface area contributed by atoms with E-state index < -0.39 is 0 Å². The summed E-state index contributed by atoms with van der Waals surface area (Å²) in [6.07, 6.45) is 2.81. The number of rotatable bonds is 4. The molecular weight excluding hydrogens is 222 g/mol. The summed E-state index contributed by atoms with van der Waals surface area (Å²) in [6, 6.07) is -0.0371. The molecule has 0 spiro atoms. The molecule has 0 saturated carbocycles. The Kier molecular flexibility index (Phi) is 5.58. The Hall–Kier alpha value is -0.260. The first kappa shape index (κ1) is 13.8. The number of piperazine rings is 1. The summed E-state index contributed by atoms with van der Waals surface area (Å²) >= 11 is 1.74. The van der Waals surface area contributed by atoms with Crippen molar-refractivity contribution in [2.75, 3.05) is 38.7 Å². The largest absolute Gasteiger partial charge is 0.336 e. The van der Waals surface area contributed by atoms with Gasteiger partial charge in [-0.2, -0.15) is 11.8 Å². The molecule has 1 aliphatic heterocycles. The van der Waals surface area contributed by atoms with E-state index in [1.54, 1.807) is 11.8 Å². The van der Waals surface area contributed by atoms with Gasteiger partial charge in [-0.05, 0) is 32.4 Å². The molecule has 1 unspecified atom stereocenters. The smallest absolute Gasteiger partial charge is 0.239 e. The van der Waals surface area contributed by atoms with Gasteiger partial charge in [0.05, 0.1) is 6.04 Å². The molecule has 16 heavy (non-hydrogen) atoms. The van der Waals surface area contributed by atoms with E-state index in [2.05, 4.69) is 18.9 Å². The highest BCUT2D eigenvalue weighted by atomic mass is 32.2. The maximum Gasteiger partial charge on any atom is 0.239 e. The van der Waals surface area contributed by atoms with E-state index >= 15 is 0 Å². The second kappa shape index (κ2) is 6.47. The van der Waals surface area contributed by atoms with Crippen molar-refractivity contribution in [3.05, 3.63) is 0 Å². The average molecular weight is 245 g/mol. The number of hydrogen-bond acceptors (Lipinski definition) is 4. The first-order valence-corrected chi connectivity index (χ1v) is 7.19. The van der Waals surface area contributed by atoms with Crippen LogP contribution in [0.3, 0.4) is 0 Å². The van der Waals surface area contributed by atoms with Crippen LogP contribution in [-0.4, -0.2) is 66.5 Å². The summed E-state index contributed by atoms with van der Waals surface area (Å²) < 4.78 is 0. The molecule has 4 nitrogen and oxygen atoms in total. The van der Waals surface area contributed by atoms with E-state index in [4.69, 9.17) is 5.73 Å². The fraction of sp³-hybridized carbons (Fsp3) is 0.909. The highest BCUT2D eigenvalue weighted by molar-refractivity contribution is 7.98. The zero-order valence-corrected chi connectivity index (χ0v) is 11.3. The van der Waals surface area contributed by atoms with E-state index in [-0.39, 0.29) is 18.0 Å². The number of hydrogen-bond donors (Lipinski definition) is 1. The quantitative estimate of drug-likeness (QED) is 0.770. The number of likely N-dealkylation sites (N-methyl/N-ethyl adjacent to an activating group) is 1. The number of nitrogens with zero attached hydrogens (tertiary/aromatic N) is 2. The molecule has 2 N–H and O–H groups in total. The molecule has 0 aliphatic carbocycles. The number of thioether (sulfide) groups is 1. The van der Waals surface area contributed by atoms with E-state index in [1.165, 1.54) is 0 Å². The molecule has 2 atom stereocenters. The Morgan fingerprint density at radius 2 is 2.25 bits per heavy atom. The number of carbonyl (C=O) groups is 1. The van der Waals surface area contributed by atoms with Crippen LogP contribution in [0.5, 0.6) is 0 Å². The Morgan fingerprint density at radius 1 is 1.56 bits per heavy atom. The minimum absolute atomic E-state index is 0.120. The predicted octanol–water partition coefficient (Wildman–Crippen LogP) is 0.229. The van der Waals surface area contributed by atoms with Crippen molar-refractivity contribution in [2.24, 2.45) is 5.73 Å². The summed E-state index contributed by atoms with van der Waals surface area (Å²) in [6.45, 7) is 4.80. The summed E-state index contributed by atoms with van der Waals surface area (Å²) in [7, 11) is 2.09. The third-order valence-electron chi connectivity index (χ3n) is 3.06. The van der Waals surface area contributed by atoms with Gasteiger partial charge in [0, 0.05) is 25.7 Å². The second-order valence-corrected chi connectivity index (χ2v) is 5.52. The average Bonchev–Trinajstić information content (AvgIpc) is 2.25. The van der Waals surface area contributed by atoms with Crippen LogP contribution >= 0.6 is 11.8 Å². The van der Waals surface area contributed by atoms with Crippen LogP contribution in [-0.2, 0) is 4.79 Å². The lowest BCUT2D eigenvalue weighted by molar-refractivity contribution is -0.136. The van der Waals surface area contributed by atoms with Gasteiger partial charge in [-0.3, -0.25) is 4.79 Å². The van der Waals surface area contributed by atoms with Crippen LogP contribution in [0.25, 0.3) is 0 Å². The monoisotopic (exact) mass is 245 g/mol. The predicted molar refractivity (Wildman–Crippen MR) is 69.6 cm³/mol. The van der Waals surface area contributed by atoms with Crippen LogP contribution in [0, 0.1) is 0 Å². The molecule has 1 aliphatic rings. The Bertz CT molecular complexity index is 237. The van der Waals surface area contributed by atoms with Crippen LogP contribution in [0.15, 0.2) is 0 Å². The second-order valence-electron chi connectivity index (χ2n) is 4.53. The maximum absolute atomic E-state index is 12.1. The minimum Gasteiger partial charge on any atom is -0.336 e. The third-order valence-corrected chi connectivity index (χ3v) is 3.71. The van der Waals surface area contributed by atoms with Crippen LogP contribution < -0.4 is 5.73 Å². The molecule has 0 aromatic heterocycles. The van der Waals surface area contributed by atoms with Crippen molar-refractivity contribution in [3.8, 4) is 0 Å². The molecule has 0 bridgehead atoms. The number of amides is 1. The Morgan fingerprint density at radius 3 is 2.81 bits per heavy atom. The van der Waals surface area contributed by atoms with Gasteiger partial charge in [0.15, 0.2) is 0 Å². The van der Waals surface area contributed by atoms with Gasteiger partial charge in [0.1, 0.15) is 0 Å². The lowest BCUT2D eigenvalue weighted by Crippen LogP contribution is -2.56.